The van der Waals surface area contributed by atoms with E-state index in [1.165, 1.54) is 0 Å². The Kier molecular flexibility index (Phi) is 6.60. The molecule has 0 aliphatic heterocycles. The number of nitrogens with zero attached hydrogens (tertiary/aromatic N) is 1. The smallest absolute Gasteiger partial charge is 0.233 e. The first kappa shape index (κ1) is 15.4. The van der Waals surface area contributed by atoms with Gasteiger partial charge in [-0.3, -0.25) is 9.78 Å². The number of aromatic nitrogens is 1. The van der Waals surface area contributed by atoms with Crippen molar-refractivity contribution in [3.63, 3.8) is 0 Å². The number of hydrogen-bond donors (Lipinski definition) is 2. The van der Waals surface area contributed by atoms with Crippen LogP contribution in [0.1, 0.15) is 32.0 Å². The van der Waals surface area contributed by atoms with Crippen LogP contribution in [0, 0.1) is 0 Å². The maximum atomic E-state index is 11.4. The highest BCUT2D eigenvalue weighted by atomic mass is 79.9. The van der Waals surface area contributed by atoms with Crippen molar-refractivity contribution in [1.29, 1.82) is 0 Å². The number of nitrogens with one attached hydrogen (secondary N) is 2. The van der Waals surface area contributed by atoms with Crippen molar-refractivity contribution < 1.29 is 4.79 Å². The Labute approximate surface area is 121 Å². The van der Waals surface area contributed by atoms with Crippen LogP contribution in [0.25, 0.3) is 0 Å². The van der Waals surface area contributed by atoms with Gasteiger partial charge < -0.3 is 10.6 Å². The Morgan fingerprint density at radius 1 is 1.61 bits per heavy atom. The lowest BCUT2D eigenvalue weighted by molar-refractivity contribution is -0.120. The van der Waals surface area contributed by atoms with Crippen molar-refractivity contribution >= 4 is 33.4 Å². The molecule has 0 aliphatic rings. The molecule has 1 aromatic heterocycles. The predicted octanol–water partition coefficient (Wildman–Crippen LogP) is 2.67. The summed E-state index contributed by atoms with van der Waals surface area (Å²) in [5.74, 6) is -0.0167. The third-order valence-electron chi connectivity index (χ3n) is 2.39. The van der Waals surface area contributed by atoms with Gasteiger partial charge in [0, 0.05) is 23.3 Å². The van der Waals surface area contributed by atoms with E-state index in [9.17, 15) is 4.79 Å². The van der Waals surface area contributed by atoms with Crippen LogP contribution in [0.15, 0.2) is 16.7 Å². The quantitative estimate of drug-likeness (QED) is 0.841. The molecule has 1 amide bonds. The second-order valence-electron chi connectivity index (χ2n) is 3.97. The summed E-state index contributed by atoms with van der Waals surface area (Å²) in [7, 11) is 0. The van der Waals surface area contributed by atoms with Crippen LogP contribution in [0.5, 0.6) is 0 Å². The Balaban J connectivity index is 2.50. The summed E-state index contributed by atoms with van der Waals surface area (Å²) in [5, 5.41) is 6.48. The molecule has 6 heteroatoms. The van der Waals surface area contributed by atoms with E-state index >= 15 is 0 Å². The van der Waals surface area contributed by atoms with E-state index in [1.54, 1.807) is 12.3 Å². The van der Waals surface area contributed by atoms with Gasteiger partial charge in [0.15, 0.2) is 0 Å². The molecule has 1 rings (SSSR count). The van der Waals surface area contributed by atoms with Gasteiger partial charge in [-0.1, -0.05) is 18.5 Å². The lowest BCUT2D eigenvalue weighted by atomic mass is 10.2. The molecule has 0 bridgehead atoms. The first-order chi connectivity index (χ1) is 8.54. The van der Waals surface area contributed by atoms with Gasteiger partial charge in [-0.25, -0.2) is 0 Å². The zero-order chi connectivity index (χ0) is 13.5. The van der Waals surface area contributed by atoms with Crippen LogP contribution >= 0.6 is 27.5 Å². The van der Waals surface area contributed by atoms with Crippen molar-refractivity contribution in [3.8, 4) is 0 Å². The second kappa shape index (κ2) is 7.71. The van der Waals surface area contributed by atoms with E-state index in [0.29, 0.717) is 11.6 Å². The van der Waals surface area contributed by atoms with Crippen molar-refractivity contribution in [2.24, 2.45) is 0 Å². The summed E-state index contributed by atoms with van der Waals surface area (Å²) < 4.78 is 0.837. The van der Waals surface area contributed by atoms with Gasteiger partial charge in [0.1, 0.15) is 0 Å². The fourth-order valence-corrected chi connectivity index (χ4v) is 2.21. The molecule has 0 radical (unpaired) electrons. The van der Waals surface area contributed by atoms with Crippen LogP contribution in [0.4, 0.5) is 0 Å². The lowest BCUT2D eigenvalue weighted by Gasteiger charge is -2.14. The van der Waals surface area contributed by atoms with Crippen molar-refractivity contribution in [2.45, 2.75) is 26.3 Å². The Hall–Kier alpha value is -0.650. The van der Waals surface area contributed by atoms with Gasteiger partial charge in [-0.15, -0.1) is 0 Å². The maximum absolute atomic E-state index is 11.4. The number of halogens is 2. The highest BCUT2D eigenvalue weighted by molar-refractivity contribution is 9.10. The molecule has 0 saturated carbocycles. The van der Waals surface area contributed by atoms with Gasteiger partial charge in [0.2, 0.25) is 5.91 Å². The average Bonchev–Trinajstić information content (AvgIpc) is 2.33. The number of amides is 1. The van der Waals surface area contributed by atoms with Crippen LogP contribution in [-0.4, -0.2) is 24.0 Å². The molecule has 4 nitrogen and oxygen atoms in total. The minimum atomic E-state index is -0.0713. The molecular formula is C12H17BrClN3O. The molecule has 0 aliphatic carbocycles. The molecule has 1 heterocycles. The summed E-state index contributed by atoms with van der Waals surface area (Å²) in [6.45, 7) is 4.90. The SMILES string of the molecule is CCCNC(=O)CNC(C)c1ncc(Br)cc1Cl. The first-order valence-corrected chi connectivity index (χ1v) is 7.02. The van der Waals surface area contributed by atoms with E-state index < -0.39 is 0 Å². The molecule has 0 aromatic carbocycles. The zero-order valence-corrected chi connectivity index (χ0v) is 12.8. The van der Waals surface area contributed by atoms with E-state index in [4.69, 9.17) is 11.6 Å². The molecule has 1 atom stereocenters. The number of pyridine rings is 1. The third kappa shape index (κ3) is 4.92. The number of carbonyl (C=O) groups excluding carboxylic acids is 1. The van der Waals surface area contributed by atoms with Gasteiger partial charge in [0.25, 0.3) is 0 Å². The molecule has 18 heavy (non-hydrogen) atoms. The number of carbonyl (C=O) groups is 1. The van der Waals surface area contributed by atoms with E-state index in [2.05, 4.69) is 31.5 Å². The normalized spacial score (nSPS) is 12.2. The van der Waals surface area contributed by atoms with E-state index in [0.717, 1.165) is 16.6 Å². The largest absolute Gasteiger partial charge is 0.355 e. The zero-order valence-electron chi connectivity index (χ0n) is 10.5. The molecular weight excluding hydrogens is 318 g/mol. The van der Waals surface area contributed by atoms with Crippen LogP contribution in [0.3, 0.4) is 0 Å². The fraction of sp³-hybridized carbons (Fsp3) is 0.500. The third-order valence-corrected chi connectivity index (χ3v) is 3.12. The van der Waals surface area contributed by atoms with Crippen LogP contribution < -0.4 is 10.6 Å². The highest BCUT2D eigenvalue weighted by Crippen LogP contribution is 2.23. The second-order valence-corrected chi connectivity index (χ2v) is 5.30. The molecule has 1 aromatic rings. The standard InChI is InChI=1S/C12H17BrClN3O/c1-3-4-15-11(18)7-16-8(2)12-10(14)5-9(13)6-17-12/h5-6,8,16H,3-4,7H2,1-2H3,(H,15,18). The average molecular weight is 335 g/mol. The van der Waals surface area contributed by atoms with Gasteiger partial charge in [0.05, 0.1) is 17.3 Å². The topological polar surface area (TPSA) is 54.0 Å². The maximum Gasteiger partial charge on any atom is 0.233 e. The molecule has 100 valence electrons. The lowest BCUT2D eigenvalue weighted by Crippen LogP contribution is -2.35. The Morgan fingerprint density at radius 3 is 2.94 bits per heavy atom. The summed E-state index contributed by atoms with van der Waals surface area (Å²) >= 11 is 9.39. The monoisotopic (exact) mass is 333 g/mol. The highest BCUT2D eigenvalue weighted by Gasteiger charge is 2.12. The van der Waals surface area contributed by atoms with Crippen molar-refractivity contribution in [1.82, 2.24) is 15.6 Å². The molecule has 2 N–H and O–H groups in total. The Bertz CT molecular complexity index is 414. The minimum Gasteiger partial charge on any atom is -0.355 e. The van der Waals surface area contributed by atoms with Crippen molar-refractivity contribution in [3.05, 3.63) is 27.5 Å². The van der Waals surface area contributed by atoms with Gasteiger partial charge in [-0.05, 0) is 35.3 Å². The minimum absolute atomic E-state index is 0.0167. The van der Waals surface area contributed by atoms with Gasteiger partial charge in [-0.2, -0.15) is 0 Å². The molecule has 0 fully saturated rings. The summed E-state index contributed by atoms with van der Waals surface area (Å²) in [5.41, 5.74) is 0.739. The first-order valence-electron chi connectivity index (χ1n) is 5.85. The fourth-order valence-electron chi connectivity index (χ4n) is 1.41. The Morgan fingerprint density at radius 2 is 2.33 bits per heavy atom. The van der Waals surface area contributed by atoms with Crippen LogP contribution in [-0.2, 0) is 4.79 Å². The summed E-state index contributed by atoms with van der Waals surface area (Å²) in [6, 6.07) is 1.72. The van der Waals surface area contributed by atoms with Gasteiger partial charge >= 0.3 is 0 Å². The summed E-state index contributed by atoms with van der Waals surface area (Å²) in [6.07, 6.45) is 2.62. The van der Waals surface area contributed by atoms with Crippen molar-refractivity contribution in [2.75, 3.05) is 13.1 Å². The number of rotatable bonds is 6. The van der Waals surface area contributed by atoms with Crippen LogP contribution in [0.2, 0.25) is 5.02 Å². The van der Waals surface area contributed by atoms with E-state index in [-0.39, 0.29) is 18.5 Å². The summed E-state index contributed by atoms with van der Waals surface area (Å²) in [4.78, 5) is 15.7. The van der Waals surface area contributed by atoms with E-state index in [1.807, 2.05) is 13.8 Å². The predicted molar refractivity (Wildman–Crippen MR) is 76.7 cm³/mol. The molecule has 1 unspecified atom stereocenters. The molecule has 0 spiro atoms. The molecule has 0 saturated heterocycles. The number of hydrogen-bond acceptors (Lipinski definition) is 3.